The number of aryl methyl sites for hydroxylation is 1. The Bertz CT molecular complexity index is 733. The average Bonchev–Trinajstić information content (AvgIpc) is 2.93. The van der Waals surface area contributed by atoms with Crippen LogP contribution in [-0.4, -0.2) is 34.4 Å². The molecule has 0 amide bonds. The number of rotatable bonds is 6. The molecule has 0 bridgehead atoms. The van der Waals surface area contributed by atoms with E-state index in [0.29, 0.717) is 25.6 Å². The van der Waals surface area contributed by atoms with E-state index in [2.05, 4.69) is 31.7 Å². The number of nitrogens with one attached hydrogen (secondary N) is 2. The molecule has 0 unspecified atom stereocenters. The van der Waals surface area contributed by atoms with Gasteiger partial charge in [-0.1, -0.05) is 18.1 Å². The van der Waals surface area contributed by atoms with Crippen molar-refractivity contribution in [2.75, 3.05) is 13.7 Å². The maximum absolute atomic E-state index is 5.32. The van der Waals surface area contributed by atoms with Gasteiger partial charge in [0, 0.05) is 7.05 Å². The van der Waals surface area contributed by atoms with E-state index in [9.17, 15) is 0 Å². The van der Waals surface area contributed by atoms with Gasteiger partial charge >= 0.3 is 0 Å². The number of halogens is 1. The van der Waals surface area contributed by atoms with Gasteiger partial charge in [0.05, 0.1) is 26.7 Å². The summed E-state index contributed by atoms with van der Waals surface area (Å²) in [5.41, 5.74) is 1.08. The molecule has 0 saturated carbocycles. The highest BCUT2D eigenvalue weighted by molar-refractivity contribution is 14.0. The van der Waals surface area contributed by atoms with Crippen LogP contribution in [0.3, 0.4) is 0 Å². The zero-order valence-corrected chi connectivity index (χ0v) is 16.9. The van der Waals surface area contributed by atoms with Gasteiger partial charge in [0.1, 0.15) is 11.6 Å². The first kappa shape index (κ1) is 20.8. The van der Waals surface area contributed by atoms with Gasteiger partial charge in [-0.15, -0.1) is 40.6 Å². The highest BCUT2D eigenvalue weighted by Gasteiger charge is 2.06. The molecule has 1 heterocycles. The maximum Gasteiger partial charge on any atom is 0.192 e. The Morgan fingerprint density at radius 1 is 1.28 bits per heavy atom. The quantitative estimate of drug-likeness (QED) is 0.300. The summed E-state index contributed by atoms with van der Waals surface area (Å²) >= 11 is 0. The normalized spacial score (nSPS) is 10.6. The van der Waals surface area contributed by atoms with Crippen LogP contribution in [0.1, 0.15) is 17.2 Å². The van der Waals surface area contributed by atoms with Crippen LogP contribution in [0.2, 0.25) is 0 Å². The van der Waals surface area contributed by atoms with E-state index in [1.54, 1.807) is 7.11 Å². The van der Waals surface area contributed by atoms with Crippen LogP contribution in [0.5, 0.6) is 5.75 Å². The number of nitrogens with zero attached hydrogens (tertiary/aromatic N) is 4. The topological polar surface area (TPSA) is 76.4 Å². The van der Waals surface area contributed by atoms with Crippen LogP contribution < -0.4 is 15.4 Å². The minimum atomic E-state index is 0. The van der Waals surface area contributed by atoms with E-state index in [1.807, 2.05) is 42.8 Å². The first-order valence-electron chi connectivity index (χ1n) is 7.57. The molecule has 25 heavy (non-hydrogen) atoms. The monoisotopic (exact) mass is 454 g/mol. The average molecular weight is 454 g/mol. The molecule has 8 heteroatoms. The first-order chi connectivity index (χ1) is 11.6. The van der Waals surface area contributed by atoms with Crippen LogP contribution in [-0.2, 0) is 20.1 Å². The second kappa shape index (κ2) is 10.6. The van der Waals surface area contributed by atoms with E-state index < -0.39 is 0 Å². The number of terminal acetylenes is 1. The summed E-state index contributed by atoms with van der Waals surface area (Å²) in [7, 11) is 3.57. The van der Waals surface area contributed by atoms with E-state index in [0.717, 1.165) is 23.0 Å². The fraction of sp³-hybridized carbons (Fsp3) is 0.353. The van der Waals surface area contributed by atoms with Crippen molar-refractivity contribution in [3.05, 3.63) is 41.5 Å². The molecule has 1 aromatic heterocycles. The fourth-order valence-corrected chi connectivity index (χ4v) is 1.98. The maximum atomic E-state index is 5.32. The molecule has 0 radical (unpaired) electrons. The summed E-state index contributed by atoms with van der Waals surface area (Å²) in [6.07, 6.45) is 5.32. The van der Waals surface area contributed by atoms with E-state index in [4.69, 9.17) is 11.2 Å². The Hall–Kier alpha value is -2.28. The summed E-state index contributed by atoms with van der Waals surface area (Å²) in [6.45, 7) is 3.34. The molecule has 1 aromatic carbocycles. The van der Waals surface area contributed by atoms with E-state index in [1.165, 1.54) is 0 Å². The van der Waals surface area contributed by atoms with Crippen molar-refractivity contribution in [2.24, 2.45) is 12.0 Å². The zero-order valence-electron chi connectivity index (χ0n) is 14.6. The SMILES string of the molecule is C#CCNC(=NCc1ccc(OC)cc1)NCc1nnc(C)n1C.I. The molecule has 0 saturated heterocycles. The summed E-state index contributed by atoms with van der Waals surface area (Å²) in [6, 6.07) is 7.78. The molecule has 0 aliphatic heterocycles. The van der Waals surface area contributed by atoms with Crippen molar-refractivity contribution in [2.45, 2.75) is 20.0 Å². The summed E-state index contributed by atoms with van der Waals surface area (Å²) < 4.78 is 7.08. The molecule has 134 valence electrons. The fourth-order valence-electron chi connectivity index (χ4n) is 1.98. The molecule has 0 aliphatic rings. The van der Waals surface area contributed by atoms with Gasteiger partial charge in [-0.25, -0.2) is 4.99 Å². The van der Waals surface area contributed by atoms with Crippen molar-refractivity contribution in [1.29, 1.82) is 0 Å². The minimum Gasteiger partial charge on any atom is -0.497 e. The number of guanidine groups is 1. The Kier molecular flexibility index (Phi) is 8.77. The van der Waals surface area contributed by atoms with E-state index >= 15 is 0 Å². The third-order valence-corrected chi connectivity index (χ3v) is 3.53. The number of benzene rings is 1. The van der Waals surface area contributed by atoms with Crippen molar-refractivity contribution in [3.63, 3.8) is 0 Å². The molecule has 2 aromatic rings. The predicted molar refractivity (Wildman–Crippen MR) is 109 cm³/mol. The minimum absolute atomic E-state index is 0. The molecule has 2 N–H and O–H groups in total. The van der Waals surface area contributed by atoms with Crippen molar-refractivity contribution in [3.8, 4) is 18.1 Å². The predicted octanol–water partition coefficient (Wildman–Crippen LogP) is 1.62. The van der Waals surface area contributed by atoms with Gasteiger partial charge in [0.15, 0.2) is 11.8 Å². The number of aromatic nitrogens is 3. The third-order valence-electron chi connectivity index (χ3n) is 3.53. The standard InChI is InChI=1S/C17H22N6O.HI/c1-5-10-18-17(20-12-16-22-21-13(2)23(16)3)19-11-14-6-8-15(24-4)9-7-14;/h1,6-9H,10-12H2,2-4H3,(H2,18,19,20);1H. The van der Waals surface area contributed by atoms with Gasteiger partial charge in [-0.2, -0.15) is 0 Å². The molecule has 0 spiro atoms. The molecular formula is C17H23IN6O. The summed E-state index contributed by atoms with van der Waals surface area (Å²) in [5, 5.41) is 14.4. The smallest absolute Gasteiger partial charge is 0.192 e. The van der Waals surface area contributed by atoms with Gasteiger partial charge in [-0.05, 0) is 24.6 Å². The molecule has 0 atom stereocenters. The van der Waals surface area contributed by atoms with Crippen molar-refractivity contribution < 1.29 is 4.74 Å². The Labute approximate surface area is 165 Å². The Morgan fingerprint density at radius 3 is 2.56 bits per heavy atom. The van der Waals surface area contributed by atoms with Crippen LogP contribution in [0, 0.1) is 19.3 Å². The first-order valence-corrected chi connectivity index (χ1v) is 7.57. The highest BCUT2D eigenvalue weighted by atomic mass is 127. The van der Waals surface area contributed by atoms with Crippen LogP contribution in [0.4, 0.5) is 0 Å². The second-order valence-corrected chi connectivity index (χ2v) is 5.15. The lowest BCUT2D eigenvalue weighted by atomic mass is 10.2. The van der Waals surface area contributed by atoms with Crippen LogP contribution in [0.15, 0.2) is 29.3 Å². The van der Waals surface area contributed by atoms with Gasteiger partial charge in [0.2, 0.25) is 0 Å². The molecule has 2 rings (SSSR count). The van der Waals surface area contributed by atoms with Crippen LogP contribution in [0.25, 0.3) is 0 Å². The lowest BCUT2D eigenvalue weighted by molar-refractivity contribution is 0.414. The molecule has 0 aliphatic carbocycles. The Balaban J connectivity index is 0.00000312. The summed E-state index contributed by atoms with van der Waals surface area (Å²) in [5.74, 6) is 5.68. The summed E-state index contributed by atoms with van der Waals surface area (Å²) in [4.78, 5) is 4.54. The highest BCUT2D eigenvalue weighted by Crippen LogP contribution is 2.11. The van der Waals surface area contributed by atoms with Gasteiger partial charge in [-0.3, -0.25) is 0 Å². The Morgan fingerprint density at radius 2 is 2.00 bits per heavy atom. The molecule has 7 nitrogen and oxygen atoms in total. The van der Waals surface area contributed by atoms with Crippen LogP contribution >= 0.6 is 24.0 Å². The number of hydrogen-bond acceptors (Lipinski definition) is 4. The molecular weight excluding hydrogens is 431 g/mol. The van der Waals surface area contributed by atoms with Crippen molar-refractivity contribution >= 4 is 29.9 Å². The zero-order chi connectivity index (χ0) is 17.4. The lowest BCUT2D eigenvalue weighted by Gasteiger charge is -2.11. The third kappa shape index (κ3) is 6.26. The van der Waals surface area contributed by atoms with Gasteiger partial charge in [0.25, 0.3) is 0 Å². The number of methoxy groups -OCH3 is 1. The van der Waals surface area contributed by atoms with Crippen molar-refractivity contribution in [1.82, 2.24) is 25.4 Å². The van der Waals surface area contributed by atoms with Gasteiger partial charge < -0.3 is 19.9 Å². The lowest BCUT2D eigenvalue weighted by Crippen LogP contribution is -2.37. The largest absolute Gasteiger partial charge is 0.497 e. The number of ether oxygens (including phenoxy) is 1. The number of hydrogen-bond donors (Lipinski definition) is 2. The second-order valence-electron chi connectivity index (χ2n) is 5.15. The number of aliphatic imine (C=N–C) groups is 1. The molecule has 0 fully saturated rings. The van der Waals surface area contributed by atoms with E-state index in [-0.39, 0.29) is 24.0 Å².